The Kier molecular flexibility index (Phi) is 6.50. The summed E-state index contributed by atoms with van der Waals surface area (Å²) in [6.07, 6.45) is 1.24. The minimum absolute atomic E-state index is 0.225. The molecule has 0 unspecified atom stereocenters. The van der Waals surface area contributed by atoms with Crippen LogP contribution >= 0.6 is 23.4 Å². The second kappa shape index (κ2) is 8.40. The topological polar surface area (TPSA) is 72.9 Å². The highest BCUT2D eigenvalue weighted by Gasteiger charge is 2.36. The van der Waals surface area contributed by atoms with Crippen molar-refractivity contribution in [3.05, 3.63) is 33.7 Å². The molecule has 1 aromatic carbocycles. The summed E-state index contributed by atoms with van der Waals surface area (Å²) in [5, 5.41) is -0.0932. The third-order valence-corrected chi connectivity index (χ3v) is 4.28. The molecule has 0 atom stereocenters. The predicted octanol–water partition coefficient (Wildman–Crippen LogP) is 3.73. The van der Waals surface area contributed by atoms with E-state index in [4.69, 9.17) is 21.1 Å². The minimum Gasteiger partial charge on any atom is -0.492 e. The third-order valence-electron chi connectivity index (χ3n) is 3.08. The van der Waals surface area contributed by atoms with Crippen LogP contribution in [-0.2, 0) is 14.3 Å². The zero-order chi connectivity index (χ0) is 18.6. The van der Waals surface area contributed by atoms with Crippen molar-refractivity contribution in [2.24, 2.45) is 0 Å². The molecule has 0 aliphatic carbocycles. The van der Waals surface area contributed by atoms with Gasteiger partial charge in [-0.2, -0.15) is 0 Å². The van der Waals surface area contributed by atoms with E-state index >= 15 is 0 Å². The zero-order valence-electron chi connectivity index (χ0n) is 14.1. The smallest absolute Gasteiger partial charge is 0.326 e. The Labute approximate surface area is 155 Å². The summed E-state index contributed by atoms with van der Waals surface area (Å²) in [5.41, 5.74) is 0.656. The molecule has 0 N–H and O–H groups in total. The molecule has 0 bridgehead atoms. The van der Waals surface area contributed by atoms with Gasteiger partial charge in [-0.3, -0.25) is 19.3 Å². The molecule has 1 fully saturated rings. The molecular weight excluding hydrogens is 366 g/mol. The summed E-state index contributed by atoms with van der Waals surface area (Å²) in [6.45, 7) is 5.34. The molecule has 1 aliphatic heterocycles. The van der Waals surface area contributed by atoms with Gasteiger partial charge in [0.15, 0.2) is 0 Å². The van der Waals surface area contributed by atoms with E-state index in [0.717, 1.165) is 16.7 Å². The van der Waals surface area contributed by atoms with E-state index in [1.54, 1.807) is 38.1 Å². The lowest BCUT2D eigenvalue weighted by Crippen LogP contribution is -2.35. The number of ether oxygens (including phenoxy) is 2. The van der Waals surface area contributed by atoms with Gasteiger partial charge in [0.2, 0.25) is 0 Å². The summed E-state index contributed by atoms with van der Waals surface area (Å²) >= 11 is 6.89. The van der Waals surface area contributed by atoms with Crippen LogP contribution in [0.5, 0.6) is 5.75 Å². The van der Waals surface area contributed by atoms with Crippen LogP contribution in [0.1, 0.15) is 26.3 Å². The Morgan fingerprint density at radius 2 is 2.08 bits per heavy atom. The highest BCUT2D eigenvalue weighted by molar-refractivity contribution is 8.18. The summed E-state index contributed by atoms with van der Waals surface area (Å²) in [5.74, 6) is -0.603. The number of benzene rings is 1. The maximum atomic E-state index is 12.3. The number of thioether (sulfide) groups is 1. The standard InChI is InChI=1S/C17H18ClNO5S/c1-4-23-13-6-5-11(7-12(13)18)8-14-16(21)19(17(22)25-14)9-15(20)24-10(2)3/h5-8,10H,4,9H2,1-3H3/b14-8-. The number of esters is 1. The molecular formula is C17H18ClNO5S. The molecule has 134 valence electrons. The highest BCUT2D eigenvalue weighted by Crippen LogP contribution is 2.33. The first-order chi connectivity index (χ1) is 11.8. The molecule has 1 heterocycles. The van der Waals surface area contributed by atoms with E-state index in [9.17, 15) is 14.4 Å². The lowest BCUT2D eigenvalue weighted by atomic mass is 10.2. The number of carbonyl (C=O) groups excluding carboxylic acids is 3. The van der Waals surface area contributed by atoms with Gasteiger partial charge >= 0.3 is 5.97 Å². The fourth-order valence-corrected chi connectivity index (χ4v) is 3.18. The van der Waals surface area contributed by atoms with Crippen molar-refractivity contribution >= 4 is 46.6 Å². The maximum Gasteiger partial charge on any atom is 0.326 e. The van der Waals surface area contributed by atoms with Crippen molar-refractivity contribution in [3.8, 4) is 5.75 Å². The van der Waals surface area contributed by atoms with E-state index in [1.165, 1.54) is 0 Å². The first-order valence-corrected chi connectivity index (χ1v) is 8.88. The number of halogens is 1. The zero-order valence-corrected chi connectivity index (χ0v) is 15.6. The summed E-state index contributed by atoms with van der Waals surface area (Å²) in [7, 11) is 0. The van der Waals surface area contributed by atoms with Gasteiger partial charge in [0.1, 0.15) is 12.3 Å². The second-order valence-corrected chi connectivity index (χ2v) is 6.83. The van der Waals surface area contributed by atoms with Crippen molar-refractivity contribution in [1.29, 1.82) is 0 Å². The van der Waals surface area contributed by atoms with Crippen LogP contribution in [0.2, 0.25) is 5.02 Å². The van der Waals surface area contributed by atoms with Crippen molar-refractivity contribution in [2.45, 2.75) is 26.9 Å². The number of amides is 2. The molecule has 8 heteroatoms. The molecule has 2 rings (SSSR count). The van der Waals surface area contributed by atoms with Gasteiger partial charge in [0.25, 0.3) is 11.1 Å². The van der Waals surface area contributed by atoms with Gasteiger partial charge in [-0.1, -0.05) is 17.7 Å². The number of rotatable bonds is 6. The monoisotopic (exact) mass is 383 g/mol. The third kappa shape index (κ3) is 4.99. The first-order valence-electron chi connectivity index (χ1n) is 7.69. The largest absolute Gasteiger partial charge is 0.492 e. The van der Waals surface area contributed by atoms with Gasteiger partial charge in [0, 0.05) is 0 Å². The van der Waals surface area contributed by atoms with Crippen LogP contribution in [-0.4, -0.2) is 41.3 Å². The highest BCUT2D eigenvalue weighted by atomic mass is 35.5. The SMILES string of the molecule is CCOc1ccc(/C=C2\SC(=O)N(CC(=O)OC(C)C)C2=O)cc1Cl. The lowest BCUT2D eigenvalue weighted by Gasteiger charge is -2.13. The lowest BCUT2D eigenvalue weighted by molar-refractivity contribution is -0.149. The summed E-state index contributed by atoms with van der Waals surface area (Å²) < 4.78 is 10.3. The molecule has 25 heavy (non-hydrogen) atoms. The maximum absolute atomic E-state index is 12.3. The van der Waals surface area contributed by atoms with Crippen LogP contribution < -0.4 is 4.74 Å². The Bertz CT molecular complexity index is 732. The number of hydrogen-bond donors (Lipinski definition) is 0. The predicted molar refractivity (Wildman–Crippen MR) is 96.5 cm³/mol. The fourth-order valence-electron chi connectivity index (χ4n) is 2.10. The van der Waals surface area contributed by atoms with Crippen LogP contribution in [0.15, 0.2) is 23.1 Å². The van der Waals surface area contributed by atoms with Gasteiger partial charge in [-0.05, 0) is 56.3 Å². The second-order valence-electron chi connectivity index (χ2n) is 5.43. The van der Waals surface area contributed by atoms with E-state index in [1.807, 2.05) is 6.92 Å². The summed E-state index contributed by atoms with van der Waals surface area (Å²) in [4.78, 5) is 37.1. The number of imide groups is 1. The Hall–Kier alpha value is -1.99. The molecule has 6 nitrogen and oxygen atoms in total. The Balaban J connectivity index is 2.14. The average molecular weight is 384 g/mol. The van der Waals surface area contributed by atoms with Crippen LogP contribution in [0, 0.1) is 0 Å². The van der Waals surface area contributed by atoms with E-state index in [2.05, 4.69) is 0 Å². The molecule has 0 saturated carbocycles. The molecule has 0 spiro atoms. The number of carbonyl (C=O) groups is 3. The van der Waals surface area contributed by atoms with Crippen molar-refractivity contribution < 1.29 is 23.9 Å². The quantitative estimate of drug-likeness (QED) is 0.550. The molecule has 2 amide bonds. The minimum atomic E-state index is -0.623. The van der Waals surface area contributed by atoms with Crippen molar-refractivity contribution in [1.82, 2.24) is 4.90 Å². The van der Waals surface area contributed by atoms with E-state index in [-0.39, 0.29) is 11.0 Å². The first kappa shape index (κ1) is 19.3. The van der Waals surface area contributed by atoms with E-state index in [0.29, 0.717) is 22.9 Å². The molecule has 0 radical (unpaired) electrons. The average Bonchev–Trinajstić information content (AvgIpc) is 2.77. The van der Waals surface area contributed by atoms with Crippen molar-refractivity contribution in [3.63, 3.8) is 0 Å². The van der Waals surface area contributed by atoms with Crippen LogP contribution in [0.4, 0.5) is 4.79 Å². The normalized spacial score (nSPS) is 16.0. The summed E-state index contributed by atoms with van der Waals surface area (Å²) in [6, 6.07) is 5.08. The van der Waals surface area contributed by atoms with Crippen LogP contribution in [0.3, 0.4) is 0 Å². The number of hydrogen-bond acceptors (Lipinski definition) is 6. The van der Waals surface area contributed by atoms with Crippen molar-refractivity contribution in [2.75, 3.05) is 13.2 Å². The van der Waals surface area contributed by atoms with Gasteiger partial charge in [0.05, 0.1) is 22.6 Å². The van der Waals surface area contributed by atoms with Gasteiger partial charge < -0.3 is 9.47 Å². The number of nitrogens with zero attached hydrogens (tertiary/aromatic N) is 1. The van der Waals surface area contributed by atoms with Crippen LogP contribution in [0.25, 0.3) is 6.08 Å². The van der Waals surface area contributed by atoms with E-state index < -0.39 is 23.7 Å². The Morgan fingerprint density at radius 3 is 2.68 bits per heavy atom. The molecule has 0 aromatic heterocycles. The molecule has 1 aromatic rings. The molecule has 1 saturated heterocycles. The fraction of sp³-hybridized carbons (Fsp3) is 0.353. The van der Waals surface area contributed by atoms with Gasteiger partial charge in [-0.15, -0.1) is 0 Å². The van der Waals surface area contributed by atoms with Gasteiger partial charge in [-0.25, -0.2) is 0 Å². The Morgan fingerprint density at radius 1 is 1.36 bits per heavy atom. The molecule has 1 aliphatic rings.